The summed E-state index contributed by atoms with van der Waals surface area (Å²) in [5, 5.41) is 2.97. The molecule has 1 N–H and O–H groups in total. The quantitative estimate of drug-likeness (QED) is 0.773. The number of hydrogen-bond donors (Lipinski definition) is 1. The minimum Gasteiger partial charge on any atom is -0.353 e. The number of amides is 3. The Bertz CT molecular complexity index is 795. The summed E-state index contributed by atoms with van der Waals surface area (Å²) < 4.78 is 0. The molecule has 1 saturated heterocycles. The average molecular weight is 398 g/mol. The molecule has 2 aliphatic heterocycles. The van der Waals surface area contributed by atoms with Crippen LogP contribution in [0.2, 0.25) is 0 Å². The molecule has 2 fully saturated rings. The standard InChI is InChI=1S/C23H31N3O3/c1-23(2,25-12-11-16-7-3-4-8-17(16)13-25)15-24-20(27)14-26-21(28)18-9-5-6-10-19(18)22(26)29/h3-4,7-8,18-19H,5-6,9-15H2,1-2H3,(H,24,27). The number of carbonyl (C=O) groups excluding carboxylic acids is 3. The summed E-state index contributed by atoms with van der Waals surface area (Å²) in [4.78, 5) is 41.3. The molecule has 6 heteroatoms. The molecule has 4 rings (SSSR count). The van der Waals surface area contributed by atoms with Crippen LogP contribution in [0.3, 0.4) is 0 Å². The van der Waals surface area contributed by atoms with Crippen molar-refractivity contribution in [3.63, 3.8) is 0 Å². The second-order valence-electron chi connectivity index (χ2n) is 9.29. The van der Waals surface area contributed by atoms with Gasteiger partial charge in [0, 0.05) is 25.2 Å². The highest BCUT2D eigenvalue weighted by Gasteiger charge is 2.48. The Hall–Kier alpha value is -2.21. The van der Waals surface area contributed by atoms with Crippen molar-refractivity contribution < 1.29 is 14.4 Å². The fourth-order valence-corrected chi connectivity index (χ4v) is 5.03. The largest absolute Gasteiger partial charge is 0.353 e. The van der Waals surface area contributed by atoms with E-state index < -0.39 is 0 Å². The van der Waals surface area contributed by atoms with E-state index in [2.05, 4.69) is 48.3 Å². The van der Waals surface area contributed by atoms with Crippen LogP contribution < -0.4 is 5.32 Å². The Morgan fingerprint density at radius 3 is 2.34 bits per heavy atom. The average Bonchev–Trinajstić information content (AvgIpc) is 2.97. The van der Waals surface area contributed by atoms with E-state index in [1.807, 2.05) is 0 Å². The molecular weight excluding hydrogens is 366 g/mol. The van der Waals surface area contributed by atoms with Gasteiger partial charge in [-0.25, -0.2) is 0 Å². The molecule has 156 valence electrons. The molecule has 0 aromatic heterocycles. The molecule has 6 nitrogen and oxygen atoms in total. The maximum Gasteiger partial charge on any atom is 0.240 e. The van der Waals surface area contributed by atoms with E-state index in [-0.39, 0.29) is 41.6 Å². The van der Waals surface area contributed by atoms with Crippen molar-refractivity contribution in [1.29, 1.82) is 0 Å². The van der Waals surface area contributed by atoms with Crippen molar-refractivity contribution in [2.45, 2.75) is 58.0 Å². The molecule has 2 heterocycles. The number of hydrogen-bond acceptors (Lipinski definition) is 4. The summed E-state index contributed by atoms with van der Waals surface area (Å²) in [7, 11) is 0. The van der Waals surface area contributed by atoms with Gasteiger partial charge in [-0.3, -0.25) is 24.2 Å². The van der Waals surface area contributed by atoms with Crippen molar-refractivity contribution in [3.8, 4) is 0 Å². The Balaban J connectivity index is 1.32. The molecule has 0 radical (unpaired) electrons. The van der Waals surface area contributed by atoms with Crippen LogP contribution in [0.5, 0.6) is 0 Å². The molecule has 0 spiro atoms. The van der Waals surface area contributed by atoms with Gasteiger partial charge in [0.05, 0.1) is 11.8 Å². The fraction of sp³-hybridized carbons (Fsp3) is 0.609. The Morgan fingerprint density at radius 2 is 1.69 bits per heavy atom. The van der Waals surface area contributed by atoms with Gasteiger partial charge in [0.15, 0.2) is 0 Å². The molecule has 1 saturated carbocycles. The van der Waals surface area contributed by atoms with Crippen LogP contribution in [0, 0.1) is 11.8 Å². The van der Waals surface area contributed by atoms with Crippen LogP contribution in [0.1, 0.15) is 50.7 Å². The lowest BCUT2D eigenvalue weighted by Crippen LogP contribution is -2.54. The monoisotopic (exact) mass is 397 g/mol. The van der Waals surface area contributed by atoms with Crippen LogP contribution in [-0.4, -0.2) is 52.7 Å². The zero-order chi connectivity index (χ0) is 20.6. The van der Waals surface area contributed by atoms with Crippen molar-refractivity contribution in [2.75, 3.05) is 19.6 Å². The van der Waals surface area contributed by atoms with Gasteiger partial charge in [0.2, 0.25) is 17.7 Å². The van der Waals surface area contributed by atoms with Gasteiger partial charge < -0.3 is 5.32 Å². The Morgan fingerprint density at radius 1 is 1.07 bits per heavy atom. The third-order valence-electron chi connectivity index (χ3n) is 6.94. The van der Waals surface area contributed by atoms with E-state index in [1.165, 1.54) is 16.0 Å². The van der Waals surface area contributed by atoms with Crippen molar-refractivity contribution in [3.05, 3.63) is 35.4 Å². The van der Waals surface area contributed by atoms with Gasteiger partial charge in [-0.1, -0.05) is 37.1 Å². The maximum absolute atomic E-state index is 12.6. The number of carbonyl (C=O) groups is 3. The number of likely N-dealkylation sites (tertiary alicyclic amines) is 1. The third kappa shape index (κ3) is 3.95. The summed E-state index contributed by atoms with van der Waals surface area (Å²) in [5.41, 5.74) is 2.53. The first-order valence-corrected chi connectivity index (χ1v) is 10.8. The normalized spacial score (nSPS) is 25.0. The van der Waals surface area contributed by atoms with Crippen molar-refractivity contribution in [2.24, 2.45) is 11.8 Å². The Kier molecular flexibility index (Phi) is 5.47. The van der Waals surface area contributed by atoms with Gasteiger partial charge >= 0.3 is 0 Å². The molecule has 0 bridgehead atoms. The molecule has 2 atom stereocenters. The minimum atomic E-state index is -0.254. The topological polar surface area (TPSA) is 69.7 Å². The maximum atomic E-state index is 12.6. The predicted molar refractivity (Wildman–Crippen MR) is 110 cm³/mol. The number of benzene rings is 1. The third-order valence-corrected chi connectivity index (χ3v) is 6.94. The lowest BCUT2D eigenvalue weighted by molar-refractivity contribution is -0.143. The summed E-state index contributed by atoms with van der Waals surface area (Å²) in [6.45, 7) is 6.41. The first kappa shape index (κ1) is 20.1. The summed E-state index contributed by atoms with van der Waals surface area (Å²) in [5.74, 6) is -0.956. The van der Waals surface area contributed by atoms with E-state index in [4.69, 9.17) is 0 Å². The van der Waals surface area contributed by atoms with Crippen LogP contribution >= 0.6 is 0 Å². The molecule has 1 aromatic rings. The van der Waals surface area contributed by atoms with E-state index in [0.717, 1.165) is 45.2 Å². The molecule has 29 heavy (non-hydrogen) atoms. The first-order valence-electron chi connectivity index (χ1n) is 10.8. The number of rotatable bonds is 5. The van der Waals surface area contributed by atoms with Crippen molar-refractivity contribution in [1.82, 2.24) is 15.1 Å². The van der Waals surface area contributed by atoms with E-state index in [9.17, 15) is 14.4 Å². The van der Waals surface area contributed by atoms with Crippen LogP contribution in [-0.2, 0) is 27.3 Å². The van der Waals surface area contributed by atoms with Gasteiger partial charge in [0.25, 0.3) is 0 Å². The Labute approximate surface area is 172 Å². The zero-order valence-corrected chi connectivity index (χ0v) is 17.4. The van der Waals surface area contributed by atoms with Gasteiger partial charge in [0.1, 0.15) is 6.54 Å². The number of nitrogens with zero attached hydrogens (tertiary/aromatic N) is 2. The SMILES string of the molecule is CC(C)(CNC(=O)CN1C(=O)C2CCCCC2C1=O)N1CCc2ccccc2C1. The van der Waals surface area contributed by atoms with Gasteiger partial charge in [-0.15, -0.1) is 0 Å². The molecule has 3 aliphatic rings. The molecule has 1 aliphatic carbocycles. The minimum absolute atomic E-state index is 0.149. The van der Waals surface area contributed by atoms with Crippen LogP contribution in [0.25, 0.3) is 0 Å². The highest BCUT2D eigenvalue weighted by molar-refractivity contribution is 6.07. The lowest BCUT2D eigenvalue weighted by atomic mass is 9.81. The molecule has 3 amide bonds. The second kappa shape index (κ2) is 7.90. The second-order valence-corrected chi connectivity index (χ2v) is 9.29. The number of imide groups is 1. The molecule has 1 aromatic carbocycles. The number of nitrogens with one attached hydrogen (secondary N) is 1. The molecule has 2 unspecified atom stereocenters. The first-order chi connectivity index (χ1) is 13.9. The predicted octanol–water partition coefficient (Wildman–Crippen LogP) is 2.11. The fourth-order valence-electron chi connectivity index (χ4n) is 5.03. The zero-order valence-electron chi connectivity index (χ0n) is 17.4. The summed E-state index contributed by atoms with van der Waals surface area (Å²) in [6, 6.07) is 8.50. The summed E-state index contributed by atoms with van der Waals surface area (Å²) in [6.07, 6.45) is 4.54. The van der Waals surface area contributed by atoms with Crippen molar-refractivity contribution >= 4 is 17.7 Å². The van der Waals surface area contributed by atoms with Gasteiger partial charge in [-0.2, -0.15) is 0 Å². The summed E-state index contributed by atoms with van der Waals surface area (Å²) >= 11 is 0. The highest BCUT2D eigenvalue weighted by Crippen LogP contribution is 2.37. The van der Waals surface area contributed by atoms with Crippen LogP contribution in [0.4, 0.5) is 0 Å². The van der Waals surface area contributed by atoms with E-state index >= 15 is 0 Å². The van der Waals surface area contributed by atoms with E-state index in [0.29, 0.717) is 6.54 Å². The number of fused-ring (bicyclic) bond motifs is 2. The molecular formula is C23H31N3O3. The highest BCUT2D eigenvalue weighted by atomic mass is 16.2. The smallest absolute Gasteiger partial charge is 0.240 e. The van der Waals surface area contributed by atoms with Crippen LogP contribution in [0.15, 0.2) is 24.3 Å². The lowest BCUT2D eigenvalue weighted by Gasteiger charge is -2.41. The van der Waals surface area contributed by atoms with Gasteiger partial charge in [-0.05, 0) is 44.2 Å². The van der Waals surface area contributed by atoms with E-state index in [1.54, 1.807) is 0 Å².